The van der Waals surface area contributed by atoms with E-state index >= 15 is 0 Å². The van der Waals surface area contributed by atoms with E-state index in [9.17, 15) is 0 Å². The monoisotopic (exact) mass is 526 g/mol. The first kappa shape index (κ1) is 25.0. The van der Waals surface area contributed by atoms with Crippen LogP contribution in [0.5, 0.6) is 0 Å². The Labute approximate surface area is 210 Å². The van der Waals surface area contributed by atoms with E-state index in [2.05, 4.69) is 28.1 Å². The Morgan fingerprint density at radius 2 is 1.03 bits per heavy atom. The van der Waals surface area contributed by atoms with Gasteiger partial charge in [0.1, 0.15) is 18.3 Å². The fourth-order valence-corrected chi connectivity index (χ4v) is 4.58. The fraction of sp³-hybridized carbons (Fsp3) is 0.357. The first-order chi connectivity index (χ1) is 16.8. The third-order valence-corrected chi connectivity index (χ3v) is 6.47. The van der Waals surface area contributed by atoms with Gasteiger partial charge in [-0.05, 0) is 16.7 Å². The Hall–Kier alpha value is -2.06. The summed E-state index contributed by atoms with van der Waals surface area (Å²) >= 11 is 3.60. The highest BCUT2D eigenvalue weighted by molar-refractivity contribution is 9.09. The van der Waals surface area contributed by atoms with Crippen LogP contribution in [0.4, 0.5) is 0 Å². The molecule has 0 aliphatic carbocycles. The molecule has 3 aromatic carbocycles. The summed E-state index contributed by atoms with van der Waals surface area (Å²) in [6.07, 6.45) is -2.05. The van der Waals surface area contributed by atoms with Crippen molar-refractivity contribution in [3.8, 4) is 0 Å². The number of benzene rings is 3. The van der Waals surface area contributed by atoms with Crippen molar-refractivity contribution in [2.45, 2.75) is 50.5 Å². The highest BCUT2D eigenvalue weighted by atomic mass is 79.9. The minimum atomic E-state index is -0.580. The molecule has 1 saturated heterocycles. The maximum atomic E-state index is 6.50. The zero-order valence-electron chi connectivity index (χ0n) is 19.3. The van der Waals surface area contributed by atoms with Crippen molar-refractivity contribution in [1.82, 2.24) is 0 Å². The van der Waals surface area contributed by atoms with Crippen LogP contribution in [0, 0.1) is 0 Å². The zero-order chi connectivity index (χ0) is 23.6. The summed E-state index contributed by atoms with van der Waals surface area (Å²) in [5, 5.41) is 0.586. The van der Waals surface area contributed by atoms with Gasteiger partial charge in [-0.2, -0.15) is 0 Å². The van der Waals surface area contributed by atoms with Gasteiger partial charge in [0.25, 0.3) is 0 Å². The highest BCUT2D eigenvalue weighted by Gasteiger charge is 2.48. The Morgan fingerprint density at radius 3 is 1.44 bits per heavy atom. The highest BCUT2D eigenvalue weighted by Crippen LogP contribution is 2.31. The second kappa shape index (κ2) is 13.1. The number of hydrogen-bond donors (Lipinski definition) is 0. The molecule has 0 N–H and O–H groups in total. The summed E-state index contributed by atoms with van der Waals surface area (Å²) in [5.74, 6) is 0. The van der Waals surface area contributed by atoms with Gasteiger partial charge in [-0.1, -0.05) is 107 Å². The van der Waals surface area contributed by atoms with Gasteiger partial charge in [-0.25, -0.2) is 0 Å². The number of halogens is 1. The van der Waals surface area contributed by atoms with Gasteiger partial charge in [0, 0.05) is 12.4 Å². The lowest BCUT2D eigenvalue weighted by molar-refractivity contribution is -0.313. The van der Waals surface area contributed by atoms with Crippen LogP contribution in [0.2, 0.25) is 0 Å². The van der Waals surface area contributed by atoms with E-state index in [1.807, 2.05) is 78.9 Å². The quantitative estimate of drug-likeness (QED) is 0.308. The van der Waals surface area contributed by atoms with E-state index in [0.717, 1.165) is 16.7 Å². The van der Waals surface area contributed by atoms with Gasteiger partial charge in [0.2, 0.25) is 0 Å². The van der Waals surface area contributed by atoms with Crippen molar-refractivity contribution in [2.24, 2.45) is 0 Å². The van der Waals surface area contributed by atoms with Gasteiger partial charge in [0.15, 0.2) is 6.29 Å². The minimum absolute atomic E-state index is 0.258. The lowest BCUT2D eigenvalue weighted by atomic mass is 9.98. The summed E-state index contributed by atoms with van der Waals surface area (Å²) in [6, 6.07) is 30.3. The molecule has 1 fully saturated rings. The molecule has 180 valence electrons. The minimum Gasteiger partial charge on any atom is -0.368 e. The van der Waals surface area contributed by atoms with Crippen LogP contribution in [-0.4, -0.2) is 43.1 Å². The third-order valence-electron chi connectivity index (χ3n) is 5.83. The summed E-state index contributed by atoms with van der Waals surface area (Å²) < 4.78 is 31.3. The summed E-state index contributed by atoms with van der Waals surface area (Å²) in [7, 11) is 1.63. The molecule has 3 aromatic rings. The summed E-state index contributed by atoms with van der Waals surface area (Å²) in [4.78, 5) is 0. The van der Waals surface area contributed by atoms with Crippen LogP contribution in [0.3, 0.4) is 0 Å². The lowest BCUT2D eigenvalue weighted by Gasteiger charge is -2.45. The number of rotatable bonds is 11. The number of alkyl halides is 1. The maximum Gasteiger partial charge on any atom is 0.186 e. The van der Waals surface area contributed by atoms with Gasteiger partial charge >= 0.3 is 0 Å². The molecule has 0 unspecified atom stereocenters. The van der Waals surface area contributed by atoms with Crippen LogP contribution < -0.4 is 0 Å². The predicted molar refractivity (Wildman–Crippen MR) is 135 cm³/mol. The molecule has 6 heteroatoms. The van der Waals surface area contributed by atoms with Crippen molar-refractivity contribution in [3.05, 3.63) is 108 Å². The zero-order valence-corrected chi connectivity index (χ0v) is 20.9. The van der Waals surface area contributed by atoms with E-state index in [1.54, 1.807) is 7.11 Å². The largest absolute Gasteiger partial charge is 0.368 e. The Bertz CT molecular complexity index is 899. The van der Waals surface area contributed by atoms with E-state index in [0.29, 0.717) is 25.2 Å². The number of ether oxygens (including phenoxy) is 5. The normalized spacial score (nSPS) is 24.7. The first-order valence-corrected chi connectivity index (χ1v) is 12.6. The summed E-state index contributed by atoms with van der Waals surface area (Å²) in [6.45, 7) is 1.31. The molecule has 34 heavy (non-hydrogen) atoms. The molecule has 1 heterocycles. The van der Waals surface area contributed by atoms with E-state index in [4.69, 9.17) is 23.7 Å². The number of hydrogen-bond acceptors (Lipinski definition) is 5. The molecule has 0 radical (unpaired) electrons. The van der Waals surface area contributed by atoms with Crippen LogP contribution in [-0.2, 0) is 43.5 Å². The predicted octanol–water partition coefficient (Wildman–Crippen LogP) is 5.51. The lowest BCUT2D eigenvalue weighted by Crippen LogP contribution is -2.61. The Kier molecular flexibility index (Phi) is 9.68. The molecule has 1 aliphatic heterocycles. The van der Waals surface area contributed by atoms with Gasteiger partial charge < -0.3 is 23.7 Å². The maximum absolute atomic E-state index is 6.50. The van der Waals surface area contributed by atoms with Gasteiger partial charge in [-0.15, -0.1) is 0 Å². The molecule has 5 nitrogen and oxygen atoms in total. The molecule has 0 saturated carbocycles. The average Bonchev–Trinajstić information content (AvgIpc) is 2.91. The van der Waals surface area contributed by atoms with Crippen molar-refractivity contribution < 1.29 is 23.7 Å². The smallest absolute Gasteiger partial charge is 0.186 e. The van der Waals surface area contributed by atoms with E-state index < -0.39 is 18.5 Å². The van der Waals surface area contributed by atoms with Crippen molar-refractivity contribution in [1.29, 1.82) is 0 Å². The molecule has 0 amide bonds. The molecule has 4 rings (SSSR count). The van der Waals surface area contributed by atoms with E-state index in [1.165, 1.54) is 0 Å². The van der Waals surface area contributed by atoms with Crippen molar-refractivity contribution >= 4 is 15.9 Å². The second-order valence-corrected chi connectivity index (χ2v) is 8.86. The topological polar surface area (TPSA) is 46.2 Å². The second-order valence-electron chi connectivity index (χ2n) is 8.22. The molecule has 0 aromatic heterocycles. The molecule has 1 aliphatic rings. The molecule has 5 atom stereocenters. The SMILES string of the molecule is CO[C@H]1O[C@H](CBr)[C@@H](OCc2ccccc2)[C@H](OCc2ccccc2)[C@@H]1OCc1ccccc1. The molecular formula is C28H31BrO5. The van der Waals surface area contributed by atoms with Crippen LogP contribution >= 0.6 is 15.9 Å². The molecule has 0 bridgehead atoms. The van der Waals surface area contributed by atoms with Crippen molar-refractivity contribution in [2.75, 3.05) is 12.4 Å². The van der Waals surface area contributed by atoms with Crippen LogP contribution in [0.1, 0.15) is 16.7 Å². The van der Waals surface area contributed by atoms with E-state index in [-0.39, 0.29) is 12.2 Å². The average molecular weight is 527 g/mol. The van der Waals surface area contributed by atoms with Gasteiger partial charge in [-0.3, -0.25) is 0 Å². The van der Waals surface area contributed by atoms with Crippen LogP contribution in [0.25, 0.3) is 0 Å². The first-order valence-electron chi connectivity index (χ1n) is 11.5. The standard InChI is InChI=1S/C28H31BrO5/c1-30-28-27(33-20-23-15-9-4-10-16-23)26(32-19-22-13-7-3-8-14-22)25(24(17-29)34-28)31-18-21-11-5-2-6-12-21/h2-16,24-28H,17-20H2,1H3/t24-,25-,26+,27+,28+/m1/s1. The molecule has 0 spiro atoms. The van der Waals surface area contributed by atoms with Crippen molar-refractivity contribution in [3.63, 3.8) is 0 Å². The number of methoxy groups -OCH3 is 1. The third kappa shape index (κ3) is 6.75. The summed E-state index contributed by atoms with van der Waals surface area (Å²) in [5.41, 5.74) is 3.25. The molecular weight excluding hydrogens is 496 g/mol. The Balaban J connectivity index is 1.56. The van der Waals surface area contributed by atoms with Crippen LogP contribution in [0.15, 0.2) is 91.0 Å². The van der Waals surface area contributed by atoms with Gasteiger partial charge in [0.05, 0.1) is 25.9 Å². The fourth-order valence-electron chi connectivity index (χ4n) is 4.06. The Morgan fingerprint density at radius 1 is 0.618 bits per heavy atom.